The van der Waals surface area contributed by atoms with Crippen LogP contribution in [0.4, 0.5) is 10.9 Å². The first kappa shape index (κ1) is 21.0. The molecule has 4 aromatic rings. The van der Waals surface area contributed by atoms with Gasteiger partial charge in [-0.3, -0.25) is 14.9 Å². The van der Waals surface area contributed by atoms with Crippen molar-refractivity contribution in [2.45, 2.75) is 6.42 Å². The van der Waals surface area contributed by atoms with Crippen molar-refractivity contribution in [1.82, 2.24) is 19.9 Å². The molecule has 5 heterocycles. The topological polar surface area (TPSA) is 104 Å². The van der Waals surface area contributed by atoms with Gasteiger partial charge >= 0.3 is 0 Å². The van der Waals surface area contributed by atoms with E-state index in [0.29, 0.717) is 41.7 Å². The third-order valence-corrected chi connectivity index (χ3v) is 7.13. The molecule has 5 rings (SSSR count). The Morgan fingerprint density at radius 3 is 2.75 bits per heavy atom. The van der Waals surface area contributed by atoms with Gasteiger partial charge in [-0.05, 0) is 39.5 Å². The second-order valence-electron chi connectivity index (χ2n) is 7.08. The summed E-state index contributed by atoms with van der Waals surface area (Å²) in [4.78, 5) is 43.1. The number of halogens is 1. The van der Waals surface area contributed by atoms with Crippen LogP contribution in [0.3, 0.4) is 0 Å². The van der Waals surface area contributed by atoms with Crippen molar-refractivity contribution < 1.29 is 14.0 Å². The lowest BCUT2D eigenvalue weighted by atomic mass is 10.2. The molecule has 1 saturated heterocycles. The number of nitrogens with one attached hydrogen (secondary N) is 1. The highest BCUT2D eigenvalue weighted by atomic mass is 79.9. The first-order valence-corrected chi connectivity index (χ1v) is 12.3. The van der Waals surface area contributed by atoms with E-state index in [-0.39, 0.29) is 24.0 Å². The number of thiophene rings is 1. The zero-order chi connectivity index (χ0) is 22.1. The second-order valence-corrected chi connectivity index (χ2v) is 9.62. The first-order valence-electron chi connectivity index (χ1n) is 9.79. The summed E-state index contributed by atoms with van der Waals surface area (Å²) in [7, 11) is 0. The number of rotatable bonds is 5. The summed E-state index contributed by atoms with van der Waals surface area (Å²) >= 11 is 6.04. The van der Waals surface area contributed by atoms with E-state index >= 15 is 0 Å². The summed E-state index contributed by atoms with van der Waals surface area (Å²) in [6.45, 7) is 2.67. The first-order chi connectivity index (χ1) is 15.6. The van der Waals surface area contributed by atoms with Crippen LogP contribution in [0, 0.1) is 0 Å². The molecule has 2 amide bonds. The van der Waals surface area contributed by atoms with E-state index in [4.69, 9.17) is 4.42 Å². The number of anilines is 2. The number of fused-ring (bicyclic) bond motifs is 1. The molecular weight excluding hydrogens is 516 g/mol. The Bertz CT molecular complexity index is 1280. The number of nitrogens with zero attached hydrogens (tertiary/aromatic N) is 5. The minimum absolute atomic E-state index is 0.0196. The lowest BCUT2D eigenvalue weighted by Gasteiger charge is -2.35. The van der Waals surface area contributed by atoms with Gasteiger partial charge in [-0.25, -0.2) is 15.0 Å². The Balaban J connectivity index is 1.16. The molecule has 1 N–H and O–H groups in total. The van der Waals surface area contributed by atoms with Crippen molar-refractivity contribution in [1.29, 1.82) is 0 Å². The lowest BCUT2D eigenvalue weighted by Crippen LogP contribution is -2.49. The van der Waals surface area contributed by atoms with Crippen molar-refractivity contribution >= 4 is 71.6 Å². The normalized spacial score (nSPS) is 14.2. The number of thiazole rings is 1. The van der Waals surface area contributed by atoms with Crippen LogP contribution in [-0.2, 0) is 11.2 Å². The van der Waals surface area contributed by atoms with Gasteiger partial charge in [0.1, 0.15) is 17.0 Å². The molecule has 1 aliphatic rings. The maximum atomic E-state index is 12.8. The molecular formula is C20H17BrN6O3S2. The van der Waals surface area contributed by atoms with E-state index < -0.39 is 0 Å². The van der Waals surface area contributed by atoms with Crippen LogP contribution < -0.4 is 10.2 Å². The third-order valence-electron chi connectivity index (χ3n) is 5.07. The fourth-order valence-corrected chi connectivity index (χ4v) is 5.24. The number of carbonyl (C=O) groups excluding carboxylic acids is 2. The van der Waals surface area contributed by atoms with Gasteiger partial charge in [0.25, 0.3) is 5.91 Å². The van der Waals surface area contributed by atoms with Crippen molar-refractivity contribution in [3.8, 4) is 0 Å². The second kappa shape index (κ2) is 8.96. The SMILES string of the molecule is O=C(Nc1nc(CC(=O)N2CCN(c3ncnc4sccc34)CC2)cs1)c1ccc(Br)o1. The Morgan fingerprint density at radius 1 is 1.12 bits per heavy atom. The molecule has 0 unspecified atom stereocenters. The molecule has 32 heavy (non-hydrogen) atoms. The number of furan rings is 1. The van der Waals surface area contributed by atoms with Gasteiger partial charge in [0.2, 0.25) is 5.91 Å². The predicted octanol–water partition coefficient (Wildman–Crippen LogP) is 3.65. The molecule has 4 aromatic heterocycles. The summed E-state index contributed by atoms with van der Waals surface area (Å²) in [5, 5.41) is 7.98. The maximum absolute atomic E-state index is 12.8. The zero-order valence-corrected chi connectivity index (χ0v) is 19.9. The molecule has 1 aliphatic heterocycles. The summed E-state index contributed by atoms with van der Waals surface area (Å²) < 4.78 is 5.72. The fraction of sp³-hybridized carbons (Fsp3) is 0.250. The van der Waals surface area contributed by atoms with Crippen LogP contribution in [-0.4, -0.2) is 57.8 Å². The fourth-order valence-electron chi connectivity index (χ4n) is 3.50. The number of aromatic nitrogens is 3. The highest BCUT2D eigenvalue weighted by Crippen LogP contribution is 2.27. The van der Waals surface area contributed by atoms with E-state index in [1.54, 1.807) is 35.2 Å². The molecule has 0 spiro atoms. The third kappa shape index (κ3) is 4.38. The van der Waals surface area contributed by atoms with Crippen molar-refractivity contribution in [2.75, 3.05) is 36.4 Å². The number of piperazine rings is 1. The molecule has 0 bridgehead atoms. The van der Waals surface area contributed by atoms with Gasteiger partial charge in [0, 0.05) is 31.6 Å². The van der Waals surface area contributed by atoms with Gasteiger partial charge in [0.05, 0.1) is 17.5 Å². The van der Waals surface area contributed by atoms with E-state index in [9.17, 15) is 9.59 Å². The number of amides is 2. The van der Waals surface area contributed by atoms with Crippen molar-refractivity contribution in [3.05, 3.63) is 51.4 Å². The lowest BCUT2D eigenvalue weighted by molar-refractivity contribution is -0.130. The van der Waals surface area contributed by atoms with Crippen LogP contribution in [0.2, 0.25) is 0 Å². The predicted molar refractivity (Wildman–Crippen MR) is 126 cm³/mol. The molecule has 12 heteroatoms. The van der Waals surface area contributed by atoms with Crippen LogP contribution in [0.15, 0.2) is 44.4 Å². The Morgan fingerprint density at radius 2 is 1.97 bits per heavy atom. The van der Waals surface area contributed by atoms with E-state index in [0.717, 1.165) is 16.0 Å². The van der Waals surface area contributed by atoms with Crippen molar-refractivity contribution in [3.63, 3.8) is 0 Å². The number of carbonyl (C=O) groups is 2. The Labute approximate surface area is 199 Å². The van der Waals surface area contributed by atoms with Crippen LogP contribution in [0.5, 0.6) is 0 Å². The minimum Gasteiger partial charge on any atom is -0.444 e. The molecule has 0 aliphatic carbocycles. The smallest absolute Gasteiger partial charge is 0.293 e. The standard InChI is InChI=1S/C20H17BrN6O3S2/c21-15-2-1-14(30-15)18(29)25-20-24-12(10-32-20)9-16(28)26-4-6-27(7-5-26)17-13-3-8-31-19(13)23-11-22-17/h1-3,8,10-11H,4-7,9H2,(H,24,25,29). The molecule has 164 valence electrons. The largest absolute Gasteiger partial charge is 0.444 e. The Hall–Kier alpha value is -2.83. The van der Waals surface area contributed by atoms with E-state index in [1.807, 2.05) is 16.3 Å². The summed E-state index contributed by atoms with van der Waals surface area (Å²) in [6, 6.07) is 5.26. The molecule has 0 aromatic carbocycles. The molecule has 0 radical (unpaired) electrons. The van der Waals surface area contributed by atoms with Gasteiger partial charge in [-0.1, -0.05) is 0 Å². The average Bonchev–Trinajstić information content (AvgIpc) is 3.55. The zero-order valence-electron chi connectivity index (χ0n) is 16.7. The Kier molecular flexibility index (Phi) is 5.89. The summed E-state index contributed by atoms with van der Waals surface area (Å²) in [5.74, 6) is 0.743. The number of hydrogen-bond donors (Lipinski definition) is 1. The monoisotopic (exact) mass is 532 g/mol. The number of hydrogen-bond acceptors (Lipinski definition) is 9. The molecule has 0 saturated carbocycles. The van der Waals surface area contributed by atoms with Crippen LogP contribution in [0.1, 0.15) is 16.2 Å². The van der Waals surface area contributed by atoms with Crippen LogP contribution in [0.25, 0.3) is 10.2 Å². The van der Waals surface area contributed by atoms with Gasteiger partial charge in [-0.15, -0.1) is 22.7 Å². The average molecular weight is 533 g/mol. The molecule has 9 nitrogen and oxygen atoms in total. The van der Waals surface area contributed by atoms with E-state index in [1.165, 1.54) is 11.3 Å². The summed E-state index contributed by atoms with van der Waals surface area (Å²) in [6.07, 6.45) is 1.79. The summed E-state index contributed by atoms with van der Waals surface area (Å²) in [5.41, 5.74) is 0.633. The quantitative estimate of drug-likeness (QED) is 0.418. The highest BCUT2D eigenvalue weighted by Gasteiger charge is 2.24. The highest BCUT2D eigenvalue weighted by molar-refractivity contribution is 9.10. The molecule has 0 atom stereocenters. The minimum atomic E-state index is -0.386. The van der Waals surface area contributed by atoms with Gasteiger partial charge in [0.15, 0.2) is 15.6 Å². The van der Waals surface area contributed by atoms with Crippen molar-refractivity contribution in [2.24, 2.45) is 0 Å². The molecule has 1 fully saturated rings. The van der Waals surface area contributed by atoms with Crippen LogP contribution >= 0.6 is 38.6 Å². The van der Waals surface area contributed by atoms with Gasteiger partial charge < -0.3 is 14.2 Å². The van der Waals surface area contributed by atoms with Gasteiger partial charge in [-0.2, -0.15) is 0 Å². The maximum Gasteiger partial charge on any atom is 0.293 e. The van der Waals surface area contributed by atoms with E-state index in [2.05, 4.69) is 41.1 Å².